The van der Waals surface area contributed by atoms with Crippen molar-refractivity contribution in [2.24, 2.45) is 10.3 Å². The largest absolute Gasteiger partial charge is 0.445 e. The number of ether oxygens (including phenoxy) is 1. The highest BCUT2D eigenvalue weighted by Gasteiger charge is 2.18. The van der Waals surface area contributed by atoms with E-state index in [4.69, 9.17) is 9.15 Å². The molecule has 0 N–H and O–H groups in total. The maximum Gasteiger partial charge on any atom is 0.393 e. The summed E-state index contributed by atoms with van der Waals surface area (Å²) < 4.78 is 10.5. The lowest BCUT2D eigenvalue weighted by Gasteiger charge is -2.18. The Morgan fingerprint density at radius 3 is 2.96 bits per heavy atom. The van der Waals surface area contributed by atoms with Crippen LogP contribution in [0.5, 0.6) is 6.08 Å². The van der Waals surface area contributed by atoms with Crippen LogP contribution >= 0.6 is 0 Å². The van der Waals surface area contributed by atoms with Gasteiger partial charge in [0.1, 0.15) is 20.7 Å². The predicted octanol–water partition coefficient (Wildman–Crippen LogP) is 2.42. The fourth-order valence-corrected chi connectivity index (χ4v) is 1.94. The minimum Gasteiger partial charge on any atom is -0.445 e. The Kier molecular flexibility index (Phi) is 6.34. The molecule has 0 spiro atoms. The summed E-state index contributed by atoms with van der Waals surface area (Å²) in [5.41, 5.74) is 1.44. The average Bonchev–Trinajstić information content (AvgIpc) is 3.08. The van der Waals surface area contributed by atoms with Gasteiger partial charge in [-0.2, -0.15) is 15.1 Å². The molecule has 0 unspecified atom stereocenters. The predicted molar refractivity (Wildman–Crippen MR) is 88.1 cm³/mol. The first-order chi connectivity index (χ1) is 11.3. The van der Waals surface area contributed by atoms with E-state index >= 15 is 0 Å². The summed E-state index contributed by atoms with van der Waals surface area (Å²) in [6.07, 6.45) is 4.27. The fraction of sp³-hybridized carbons (Fsp3) is 0.333. The number of oxazole rings is 1. The van der Waals surface area contributed by atoms with Crippen molar-refractivity contribution in [2.45, 2.75) is 26.3 Å². The highest BCUT2D eigenvalue weighted by atomic mass is 16.6. The Bertz CT molecular complexity index is 646. The number of rotatable bonds is 8. The molecule has 0 saturated carbocycles. The Labute approximate surface area is 135 Å². The van der Waals surface area contributed by atoms with Crippen LogP contribution in [0.15, 0.2) is 51.5 Å². The summed E-state index contributed by atoms with van der Waals surface area (Å²) in [6, 6.07) is 7.40. The van der Waals surface area contributed by atoms with Crippen molar-refractivity contribution in [3.8, 4) is 6.08 Å². The molecule has 23 heavy (non-hydrogen) atoms. The van der Waals surface area contributed by atoms with Crippen molar-refractivity contribution >= 4 is 19.4 Å². The topological polar surface area (TPSA) is 80.3 Å². The lowest BCUT2D eigenvalue weighted by atomic mass is 10.0. The van der Waals surface area contributed by atoms with Crippen molar-refractivity contribution < 1.29 is 13.9 Å². The van der Waals surface area contributed by atoms with E-state index < -0.39 is 0 Å². The van der Waals surface area contributed by atoms with E-state index in [0.29, 0.717) is 18.7 Å². The molecule has 0 atom stereocenters. The normalized spacial score (nSPS) is 10.8. The molecule has 0 saturated heterocycles. The van der Waals surface area contributed by atoms with Crippen molar-refractivity contribution in [3.05, 3.63) is 42.3 Å². The van der Waals surface area contributed by atoms with Gasteiger partial charge in [-0.05, 0) is 13.0 Å². The molecule has 0 radical (unpaired) electrons. The molecule has 1 aromatic heterocycles. The molecule has 0 fully saturated rings. The van der Waals surface area contributed by atoms with Crippen LogP contribution in [0.3, 0.4) is 0 Å². The number of hydrogen-bond donors (Lipinski definition) is 0. The van der Waals surface area contributed by atoms with Crippen LogP contribution in [0.1, 0.15) is 18.9 Å². The highest BCUT2D eigenvalue weighted by Crippen LogP contribution is 2.23. The Morgan fingerprint density at radius 2 is 2.26 bits per heavy atom. The molecule has 0 bridgehead atoms. The monoisotopic (exact) mass is 314 g/mol. The smallest absolute Gasteiger partial charge is 0.393 e. The summed E-state index contributed by atoms with van der Waals surface area (Å²) in [5.74, 6) is -0.103. The van der Waals surface area contributed by atoms with Gasteiger partial charge in [-0.3, -0.25) is 4.79 Å². The van der Waals surface area contributed by atoms with E-state index in [9.17, 15) is 4.79 Å². The first-order valence-corrected chi connectivity index (χ1v) is 7.56. The molecule has 0 aliphatic carbocycles. The third kappa shape index (κ3) is 4.67. The van der Waals surface area contributed by atoms with Crippen LogP contribution in [0, 0.1) is 0 Å². The Morgan fingerprint density at radius 1 is 1.43 bits per heavy atom. The van der Waals surface area contributed by atoms with E-state index in [1.807, 2.05) is 39.0 Å². The van der Waals surface area contributed by atoms with E-state index in [2.05, 4.69) is 15.3 Å². The summed E-state index contributed by atoms with van der Waals surface area (Å²) >= 11 is 0. The first-order valence-electron chi connectivity index (χ1n) is 7.56. The van der Waals surface area contributed by atoms with Crippen LogP contribution in [-0.2, 0) is 11.4 Å². The average molecular weight is 314 g/mol. The summed E-state index contributed by atoms with van der Waals surface area (Å²) in [7, 11) is 1.95. The lowest BCUT2D eigenvalue weighted by Crippen LogP contribution is -2.26. The number of anilines is 1. The minimum atomic E-state index is -0.103. The van der Waals surface area contributed by atoms with Gasteiger partial charge in [-0.15, -0.1) is 0 Å². The van der Waals surface area contributed by atoms with Gasteiger partial charge in [-0.1, -0.05) is 29.7 Å². The Balaban J connectivity index is 2.23. The van der Waals surface area contributed by atoms with Gasteiger partial charge >= 0.3 is 6.08 Å². The second kappa shape index (κ2) is 8.72. The number of carbonyl (C=O) groups excluding carboxylic acids is 1. The van der Waals surface area contributed by atoms with Crippen molar-refractivity contribution in [2.75, 3.05) is 11.6 Å². The van der Waals surface area contributed by atoms with Gasteiger partial charge in [0.05, 0.1) is 18.4 Å². The second-order valence-electron chi connectivity index (χ2n) is 4.72. The van der Waals surface area contributed by atoms with E-state index in [1.165, 1.54) is 17.5 Å². The lowest BCUT2D eigenvalue weighted by molar-refractivity contribution is -0.118. The van der Waals surface area contributed by atoms with Crippen molar-refractivity contribution in [3.63, 3.8) is 0 Å². The Hall–Kier alpha value is -2.64. The zero-order chi connectivity index (χ0) is 16.5. The molecule has 1 amide bonds. The maximum absolute atomic E-state index is 12.3. The number of para-hydroxylation sites is 1. The molecular weight excluding hydrogens is 295 g/mol. The van der Waals surface area contributed by atoms with Gasteiger partial charge < -0.3 is 9.15 Å². The van der Waals surface area contributed by atoms with Gasteiger partial charge in [0.25, 0.3) is 0 Å². The number of benzene rings is 1. The van der Waals surface area contributed by atoms with E-state index in [0.717, 1.165) is 11.9 Å². The number of hydrogen-bond acceptors (Lipinski definition) is 6. The zero-order valence-electron chi connectivity index (χ0n) is 13.3. The maximum atomic E-state index is 12.3. The standard InChI is InChI=1S/C15H19BN4O3/c1-2-18-19-20(14(21)7-8-16)13-6-4-3-5-12(13)11-23-15-17-9-10-22-15/h3-6,9-10H,2,7-8,11,16H2,1H3/b19-18-. The molecule has 120 valence electrons. The summed E-state index contributed by atoms with van der Waals surface area (Å²) in [4.78, 5) is 16.2. The number of carbonyl (C=O) groups is 1. The summed E-state index contributed by atoms with van der Waals surface area (Å²) in [6.45, 7) is 2.59. The minimum absolute atomic E-state index is 0.103. The number of aromatic nitrogens is 1. The molecule has 2 aromatic rings. The van der Waals surface area contributed by atoms with Crippen LogP contribution in [0.25, 0.3) is 0 Å². The fourth-order valence-electron chi connectivity index (χ4n) is 1.94. The zero-order valence-corrected chi connectivity index (χ0v) is 13.3. The van der Waals surface area contributed by atoms with Crippen LogP contribution in [-0.4, -0.2) is 25.3 Å². The SMILES string of the molecule is BCCC(=O)N(/N=N\CC)c1ccccc1COc1ncco1. The van der Waals surface area contributed by atoms with Gasteiger partial charge in [-0.25, -0.2) is 0 Å². The molecule has 7 nitrogen and oxygen atoms in total. The molecule has 0 aliphatic heterocycles. The van der Waals surface area contributed by atoms with Crippen molar-refractivity contribution in [1.82, 2.24) is 4.98 Å². The number of amides is 1. The van der Waals surface area contributed by atoms with Gasteiger partial charge in [0.2, 0.25) is 5.91 Å². The molecule has 8 heteroatoms. The third-order valence-electron chi connectivity index (χ3n) is 2.97. The van der Waals surface area contributed by atoms with Crippen LogP contribution < -0.4 is 9.75 Å². The molecule has 0 aliphatic rings. The van der Waals surface area contributed by atoms with E-state index in [-0.39, 0.29) is 18.6 Å². The number of nitrogens with zero attached hydrogens (tertiary/aromatic N) is 4. The molecule has 2 rings (SSSR count). The highest BCUT2D eigenvalue weighted by molar-refractivity contribution is 6.10. The quantitative estimate of drug-likeness (QED) is 0.426. The second-order valence-corrected chi connectivity index (χ2v) is 4.72. The summed E-state index contributed by atoms with van der Waals surface area (Å²) in [5, 5.41) is 9.35. The van der Waals surface area contributed by atoms with E-state index in [1.54, 1.807) is 0 Å². The van der Waals surface area contributed by atoms with Gasteiger partial charge in [0.15, 0.2) is 0 Å². The molecular formula is C15H19BN4O3. The van der Waals surface area contributed by atoms with Crippen LogP contribution in [0.4, 0.5) is 5.69 Å². The van der Waals surface area contributed by atoms with Crippen molar-refractivity contribution in [1.29, 1.82) is 0 Å². The third-order valence-corrected chi connectivity index (χ3v) is 2.97. The first kappa shape index (κ1) is 16.7. The van der Waals surface area contributed by atoms with Gasteiger partial charge in [0, 0.05) is 12.0 Å². The van der Waals surface area contributed by atoms with Crippen LogP contribution in [0.2, 0.25) is 6.32 Å². The molecule has 1 heterocycles. The molecule has 1 aromatic carbocycles.